The Kier molecular flexibility index (Phi) is 4.48. The maximum Gasteiger partial charge on any atom is 0.243 e. The maximum atomic E-state index is 12.8. The highest BCUT2D eigenvalue weighted by molar-refractivity contribution is 7.89. The average molecular weight is 319 g/mol. The molecule has 0 bridgehead atoms. The fraction of sp³-hybridized carbons (Fsp3) is 0.562. The summed E-state index contributed by atoms with van der Waals surface area (Å²) in [7, 11) is -3.46. The van der Waals surface area contributed by atoms with E-state index in [9.17, 15) is 8.42 Å². The number of sulfonamides is 1. The van der Waals surface area contributed by atoms with E-state index in [2.05, 4.69) is 4.90 Å². The zero-order valence-corrected chi connectivity index (χ0v) is 13.4. The Morgan fingerprint density at radius 2 is 1.77 bits per heavy atom. The van der Waals surface area contributed by atoms with Crippen molar-refractivity contribution in [3.05, 3.63) is 29.8 Å². The summed E-state index contributed by atoms with van der Waals surface area (Å²) < 4.78 is 27.3. The third-order valence-electron chi connectivity index (χ3n) is 4.58. The van der Waals surface area contributed by atoms with E-state index >= 15 is 0 Å². The third-order valence-corrected chi connectivity index (χ3v) is 6.55. The second kappa shape index (κ2) is 6.37. The van der Waals surface area contributed by atoms with E-state index in [0.29, 0.717) is 17.0 Å². The largest absolute Gasteiger partial charge is 0.302 e. The lowest BCUT2D eigenvalue weighted by molar-refractivity contribution is 0.257. The molecule has 2 saturated heterocycles. The number of nitrogens with zero attached hydrogens (tertiary/aromatic N) is 3. The first-order valence-corrected chi connectivity index (χ1v) is 9.29. The molecule has 0 radical (unpaired) electrons. The lowest BCUT2D eigenvalue weighted by atomic mass is 10.2. The van der Waals surface area contributed by atoms with E-state index in [4.69, 9.17) is 5.26 Å². The topological polar surface area (TPSA) is 64.4 Å². The monoisotopic (exact) mass is 319 g/mol. The summed E-state index contributed by atoms with van der Waals surface area (Å²) in [4.78, 5) is 2.66. The molecule has 2 aliphatic rings. The van der Waals surface area contributed by atoms with Crippen LogP contribution in [0.15, 0.2) is 29.2 Å². The summed E-state index contributed by atoms with van der Waals surface area (Å²) in [5, 5.41) is 8.83. The van der Waals surface area contributed by atoms with Crippen molar-refractivity contribution in [1.29, 1.82) is 5.26 Å². The minimum atomic E-state index is -3.46. The molecule has 0 aromatic heterocycles. The summed E-state index contributed by atoms with van der Waals surface area (Å²) in [5.74, 6) is 0. The molecule has 1 aromatic carbocycles. The summed E-state index contributed by atoms with van der Waals surface area (Å²) in [6.07, 6.45) is 4.30. The quantitative estimate of drug-likeness (QED) is 0.849. The van der Waals surface area contributed by atoms with Crippen LogP contribution < -0.4 is 0 Å². The second-order valence-electron chi connectivity index (χ2n) is 6.06. The van der Waals surface area contributed by atoms with Crippen LogP contribution in [0.3, 0.4) is 0 Å². The van der Waals surface area contributed by atoms with E-state index in [0.717, 1.165) is 32.5 Å². The molecule has 0 amide bonds. The number of hydrogen-bond donors (Lipinski definition) is 0. The van der Waals surface area contributed by atoms with E-state index in [1.807, 2.05) is 6.07 Å². The van der Waals surface area contributed by atoms with Crippen LogP contribution in [0.25, 0.3) is 0 Å². The molecule has 3 rings (SSSR count). The molecule has 1 atom stereocenters. The van der Waals surface area contributed by atoms with Gasteiger partial charge in [0, 0.05) is 19.1 Å². The van der Waals surface area contributed by atoms with Crippen molar-refractivity contribution >= 4 is 10.0 Å². The first kappa shape index (κ1) is 15.5. The highest BCUT2D eigenvalue weighted by Gasteiger charge is 2.36. The fourth-order valence-electron chi connectivity index (χ4n) is 3.41. The molecule has 0 aliphatic carbocycles. The summed E-state index contributed by atoms with van der Waals surface area (Å²) in [6, 6.07) is 8.32. The van der Waals surface area contributed by atoms with Gasteiger partial charge in [-0.2, -0.15) is 9.57 Å². The molecule has 2 aliphatic heterocycles. The van der Waals surface area contributed by atoms with Gasteiger partial charge in [-0.15, -0.1) is 0 Å². The average Bonchev–Trinajstić information content (AvgIpc) is 3.20. The number of nitriles is 1. The molecule has 0 saturated carbocycles. The van der Waals surface area contributed by atoms with Crippen LogP contribution in [0.1, 0.15) is 31.2 Å². The van der Waals surface area contributed by atoms with Crippen LogP contribution in [0.5, 0.6) is 0 Å². The normalized spacial score (nSPS) is 23.7. The lowest BCUT2D eigenvalue weighted by Gasteiger charge is -2.27. The Bertz CT molecular complexity index is 658. The fourth-order valence-corrected chi connectivity index (χ4v) is 5.09. The molecule has 2 heterocycles. The molecule has 0 N–H and O–H groups in total. The number of hydrogen-bond acceptors (Lipinski definition) is 4. The Hall–Kier alpha value is -1.42. The standard InChI is InChI=1S/C16H21N3O2S/c17-12-14-5-7-16(8-6-14)22(20,21)19-11-3-4-15(19)13-18-9-1-2-10-18/h5-8,15H,1-4,9-11,13H2/t15-/m0/s1. The minimum Gasteiger partial charge on any atom is -0.302 e. The van der Waals surface area contributed by atoms with Gasteiger partial charge in [-0.05, 0) is 63.0 Å². The van der Waals surface area contributed by atoms with Crippen LogP contribution in [-0.2, 0) is 10.0 Å². The summed E-state index contributed by atoms with van der Waals surface area (Å²) in [6.45, 7) is 3.61. The predicted molar refractivity (Wildman–Crippen MR) is 83.7 cm³/mol. The van der Waals surface area contributed by atoms with Gasteiger partial charge >= 0.3 is 0 Å². The van der Waals surface area contributed by atoms with E-state index in [1.54, 1.807) is 28.6 Å². The number of rotatable bonds is 4. The van der Waals surface area contributed by atoms with Gasteiger partial charge in [-0.3, -0.25) is 0 Å². The van der Waals surface area contributed by atoms with Crippen molar-refractivity contribution in [3.63, 3.8) is 0 Å². The van der Waals surface area contributed by atoms with Gasteiger partial charge in [0.15, 0.2) is 0 Å². The van der Waals surface area contributed by atoms with Crippen molar-refractivity contribution in [1.82, 2.24) is 9.21 Å². The molecular formula is C16H21N3O2S. The Balaban J connectivity index is 1.78. The smallest absolute Gasteiger partial charge is 0.243 e. The summed E-state index contributed by atoms with van der Waals surface area (Å²) in [5.41, 5.74) is 0.481. The van der Waals surface area contributed by atoms with Gasteiger partial charge in [0.05, 0.1) is 16.5 Å². The second-order valence-corrected chi connectivity index (χ2v) is 7.95. The highest BCUT2D eigenvalue weighted by atomic mass is 32.2. The molecule has 22 heavy (non-hydrogen) atoms. The van der Waals surface area contributed by atoms with Crippen molar-refractivity contribution < 1.29 is 8.42 Å². The van der Waals surface area contributed by atoms with Crippen LogP contribution in [0.2, 0.25) is 0 Å². The Morgan fingerprint density at radius 3 is 2.41 bits per heavy atom. The minimum absolute atomic E-state index is 0.0822. The zero-order chi connectivity index (χ0) is 15.6. The Morgan fingerprint density at radius 1 is 1.09 bits per heavy atom. The first-order valence-electron chi connectivity index (χ1n) is 7.85. The van der Waals surface area contributed by atoms with Gasteiger partial charge in [-0.25, -0.2) is 8.42 Å². The maximum absolute atomic E-state index is 12.8. The molecule has 2 fully saturated rings. The summed E-state index contributed by atoms with van der Waals surface area (Å²) >= 11 is 0. The van der Waals surface area contributed by atoms with E-state index in [-0.39, 0.29) is 6.04 Å². The van der Waals surface area contributed by atoms with Gasteiger partial charge < -0.3 is 4.90 Å². The van der Waals surface area contributed by atoms with Gasteiger partial charge in [0.2, 0.25) is 10.0 Å². The van der Waals surface area contributed by atoms with Crippen LogP contribution >= 0.6 is 0 Å². The van der Waals surface area contributed by atoms with Crippen LogP contribution in [0.4, 0.5) is 0 Å². The van der Waals surface area contributed by atoms with Gasteiger partial charge in [-0.1, -0.05) is 0 Å². The third kappa shape index (κ3) is 3.02. The van der Waals surface area contributed by atoms with Crippen molar-refractivity contribution in [2.45, 2.75) is 36.6 Å². The van der Waals surface area contributed by atoms with Gasteiger partial charge in [0.1, 0.15) is 0 Å². The van der Waals surface area contributed by atoms with Crippen LogP contribution in [-0.4, -0.2) is 49.8 Å². The van der Waals surface area contributed by atoms with Gasteiger partial charge in [0.25, 0.3) is 0 Å². The van der Waals surface area contributed by atoms with E-state index < -0.39 is 10.0 Å². The highest BCUT2D eigenvalue weighted by Crippen LogP contribution is 2.27. The van der Waals surface area contributed by atoms with Crippen molar-refractivity contribution in [2.75, 3.05) is 26.2 Å². The van der Waals surface area contributed by atoms with Crippen molar-refractivity contribution in [2.24, 2.45) is 0 Å². The molecule has 118 valence electrons. The Labute approximate surface area is 132 Å². The number of likely N-dealkylation sites (tertiary alicyclic amines) is 1. The molecule has 0 spiro atoms. The lowest BCUT2D eigenvalue weighted by Crippen LogP contribution is -2.42. The SMILES string of the molecule is N#Cc1ccc(S(=O)(=O)N2CCC[C@H]2CN2CCCC2)cc1. The first-order chi connectivity index (χ1) is 10.6. The zero-order valence-electron chi connectivity index (χ0n) is 12.6. The van der Waals surface area contributed by atoms with E-state index in [1.165, 1.54) is 12.8 Å². The van der Waals surface area contributed by atoms with Crippen LogP contribution in [0, 0.1) is 11.3 Å². The molecule has 6 heteroatoms. The van der Waals surface area contributed by atoms with Crippen molar-refractivity contribution in [3.8, 4) is 6.07 Å². The molecule has 0 unspecified atom stereocenters. The predicted octanol–water partition coefficient (Wildman–Crippen LogP) is 1.81. The molecule has 1 aromatic rings. The molecule has 5 nitrogen and oxygen atoms in total. The molecular weight excluding hydrogens is 298 g/mol. The number of benzene rings is 1.